The van der Waals surface area contributed by atoms with Crippen LogP contribution in [0.25, 0.3) is 0 Å². The van der Waals surface area contributed by atoms with E-state index in [9.17, 15) is 9.50 Å². The van der Waals surface area contributed by atoms with Gasteiger partial charge in [0.15, 0.2) is 0 Å². The molecule has 0 radical (unpaired) electrons. The van der Waals surface area contributed by atoms with Crippen molar-refractivity contribution in [2.24, 2.45) is 11.8 Å². The predicted molar refractivity (Wildman–Crippen MR) is 70.3 cm³/mol. The molecular formula is C14H18BrFO. The van der Waals surface area contributed by atoms with Gasteiger partial charge in [0.05, 0.1) is 10.6 Å². The Labute approximate surface area is 110 Å². The molecule has 0 bridgehead atoms. The Balaban J connectivity index is 2.11. The Morgan fingerprint density at radius 2 is 2.18 bits per heavy atom. The largest absolute Gasteiger partial charge is 0.393 e. The first-order valence-corrected chi connectivity index (χ1v) is 6.98. The van der Waals surface area contributed by atoms with E-state index in [4.69, 9.17) is 0 Å². The lowest BCUT2D eigenvalue weighted by Crippen LogP contribution is -2.29. The van der Waals surface area contributed by atoms with Crippen molar-refractivity contribution in [3.8, 4) is 0 Å². The molecule has 0 aliphatic heterocycles. The quantitative estimate of drug-likeness (QED) is 0.877. The summed E-state index contributed by atoms with van der Waals surface area (Å²) in [6, 6.07) is 5.11. The van der Waals surface area contributed by atoms with Gasteiger partial charge in [-0.15, -0.1) is 0 Å². The fourth-order valence-electron chi connectivity index (χ4n) is 2.69. The summed E-state index contributed by atoms with van der Waals surface area (Å²) in [7, 11) is 0. The van der Waals surface area contributed by atoms with Gasteiger partial charge < -0.3 is 5.11 Å². The van der Waals surface area contributed by atoms with Crippen LogP contribution in [0.4, 0.5) is 4.39 Å². The molecule has 2 rings (SSSR count). The molecule has 1 nitrogen and oxygen atoms in total. The van der Waals surface area contributed by atoms with Gasteiger partial charge in [-0.1, -0.05) is 19.1 Å². The molecule has 0 aromatic heterocycles. The topological polar surface area (TPSA) is 20.2 Å². The van der Waals surface area contributed by atoms with Gasteiger partial charge in [-0.05, 0) is 65.1 Å². The molecule has 1 saturated carbocycles. The fourth-order valence-corrected chi connectivity index (χ4v) is 3.12. The van der Waals surface area contributed by atoms with Gasteiger partial charge in [0.25, 0.3) is 0 Å². The van der Waals surface area contributed by atoms with Gasteiger partial charge in [0, 0.05) is 0 Å². The summed E-state index contributed by atoms with van der Waals surface area (Å²) in [5, 5.41) is 10.00. The summed E-state index contributed by atoms with van der Waals surface area (Å²) in [4.78, 5) is 0. The highest BCUT2D eigenvalue weighted by Gasteiger charge is 2.27. The Morgan fingerprint density at radius 3 is 2.94 bits per heavy atom. The molecule has 1 aromatic rings. The number of halogens is 2. The summed E-state index contributed by atoms with van der Waals surface area (Å²) in [5.41, 5.74) is 0.961. The molecule has 0 saturated heterocycles. The maximum atomic E-state index is 13.4. The zero-order valence-corrected chi connectivity index (χ0v) is 11.6. The van der Waals surface area contributed by atoms with Crippen LogP contribution in [0, 0.1) is 17.7 Å². The zero-order chi connectivity index (χ0) is 12.4. The van der Waals surface area contributed by atoms with E-state index in [-0.39, 0.29) is 17.8 Å². The second-order valence-electron chi connectivity index (χ2n) is 5.16. The Kier molecular flexibility index (Phi) is 4.21. The third-order valence-corrected chi connectivity index (χ3v) is 4.61. The molecule has 1 aliphatic rings. The molecule has 0 heterocycles. The lowest BCUT2D eigenvalue weighted by atomic mass is 9.77. The highest BCUT2D eigenvalue weighted by atomic mass is 79.9. The maximum Gasteiger partial charge on any atom is 0.137 e. The maximum absolute atomic E-state index is 13.4. The second-order valence-corrected chi connectivity index (χ2v) is 5.96. The summed E-state index contributed by atoms with van der Waals surface area (Å²) in [5.74, 6) is 0.702. The second kappa shape index (κ2) is 5.49. The Hall–Kier alpha value is -0.410. The molecule has 3 unspecified atom stereocenters. The molecule has 1 N–H and O–H groups in total. The van der Waals surface area contributed by atoms with Gasteiger partial charge in [0.1, 0.15) is 5.82 Å². The Bertz CT molecular complexity index is 394. The van der Waals surface area contributed by atoms with E-state index in [0.29, 0.717) is 10.4 Å². The third kappa shape index (κ3) is 3.08. The van der Waals surface area contributed by atoms with E-state index in [1.165, 1.54) is 6.07 Å². The number of benzene rings is 1. The van der Waals surface area contributed by atoms with Crippen LogP contribution in [0.1, 0.15) is 31.7 Å². The lowest BCUT2D eigenvalue weighted by molar-refractivity contribution is 0.0518. The van der Waals surface area contributed by atoms with E-state index in [2.05, 4.69) is 22.9 Å². The molecule has 0 amide bonds. The van der Waals surface area contributed by atoms with Crippen molar-refractivity contribution in [2.75, 3.05) is 0 Å². The first-order valence-electron chi connectivity index (χ1n) is 6.19. The fraction of sp³-hybridized carbons (Fsp3) is 0.571. The van der Waals surface area contributed by atoms with Gasteiger partial charge in [0.2, 0.25) is 0 Å². The average Bonchev–Trinajstić information content (AvgIpc) is 2.30. The number of aliphatic hydroxyl groups excluding tert-OH is 1. The molecule has 3 atom stereocenters. The normalized spacial score (nSPS) is 29.3. The first kappa shape index (κ1) is 13.0. The van der Waals surface area contributed by atoms with Crippen LogP contribution in [0.5, 0.6) is 0 Å². The van der Waals surface area contributed by atoms with Crippen molar-refractivity contribution >= 4 is 15.9 Å². The van der Waals surface area contributed by atoms with Crippen LogP contribution >= 0.6 is 15.9 Å². The SMILES string of the molecule is CC1CCC(O)C(Cc2cccc(F)c2Br)C1. The summed E-state index contributed by atoms with van der Waals surface area (Å²) < 4.78 is 13.9. The molecule has 0 spiro atoms. The van der Waals surface area contributed by atoms with E-state index < -0.39 is 0 Å². The van der Waals surface area contributed by atoms with Gasteiger partial charge in [-0.3, -0.25) is 0 Å². The number of rotatable bonds is 2. The van der Waals surface area contributed by atoms with E-state index in [0.717, 1.165) is 31.2 Å². The van der Waals surface area contributed by atoms with Crippen molar-refractivity contribution in [3.05, 3.63) is 34.1 Å². The molecule has 1 aliphatic carbocycles. The van der Waals surface area contributed by atoms with Crippen LogP contribution < -0.4 is 0 Å². The first-order chi connectivity index (χ1) is 8.08. The molecular weight excluding hydrogens is 283 g/mol. The van der Waals surface area contributed by atoms with Crippen LogP contribution in [-0.2, 0) is 6.42 Å². The minimum absolute atomic E-state index is 0.221. The smallest absolute Gasteiger partial charge is 0.137 e. The zero-order valence-electron chi connectivity index (χ0n) is 10.00. The van der Waals surface area contributed by atoms with Crippen molar-refractivity contribution in [1.29, 1.82) is 0 Å². The molecule has 94 valence electrons. The van der Waals surface area contributed by atoms with Crippen molar-refractivity contribution in [1.82, 2.24) is 0 Å². The monoisotopic (exact) mass is 300 g/mol. The van der Waals surface area contributed by atoms with Crippen molar-refractivity contribution in [2.45, 2.75) is 38.7 Å². The van der Waals surface area contributed by atoms with Crippen LogP contribution in [-0.4, -0.2) is 11.2 Å². The van der Waals surface area contributed by atoms with Crippen molar-refractivity contribution in [3.63, 3.8) is 0 Å². The average molecular weight is 301 g/mol. The molecule has 1 aromatic carbocycles. The molecule has 3 heteroatoms. The van der Waals surface area contributed by atoms with E-state index in [1.807, 2.05) is 6.07 Å². The predicted octanol–water partition coefficient (Wildman–Crippen LogP) is 3.93. The number of aliphatic hydroxyl groups is 1. The molecule has 1 fully saturated rings. The van der Waals surface area contributed by atoms with Crippen LogP contribution in [0.2, 0.25) is 0 Å². The van der Waals surface area contributed by atoms with E-state index in [1.54, 1.807) is 6.07 Å². The van der Waals surface area contributed by atoms with Crippen molar-refractivity contribution < 1.29 is 9.50 Å². The van der Waals surface area contributed by atoms with E-state index >= 15 is 0 Å². The summed E-state index contributed by atoms with van der Waals surface area (Å²) in [6.45, 7) is 2.22. The van der Waals surface area contributed by atoms with Gasteiger partial charge in [-0.2, -0.15) is 0 Å². The summed E-state index contributed by atoms with van der Waals surface area (Å²) >= 11 is 3.29. The lowest BCUT2D eigenvalue weighted by Gasteiger charge is -2.31. The minimum atomic E-state index is -0.235. The van der Waals surface area contributed by atoms with Crippen LogP contribution in [0.15, 0.2) is 22.7 Å². The minimum Gasteiger partial charge on any atom is -0.393 e. The number of hydrogen-bond acceptors (Lipinski definition) is 1. The number of hydrogen-bond donors (Lipinski definition) is 1. The molecule has 17 heavy (non-hydrogen) atoms. The summed E-state index contributed by atoms with van der Waals surface area (Å²) in [6.07, 6.45) is 3.52. The highest BCUT2D eigenvalue weighted by molar-refractivity contribution is 9.10. The standard InChI is InChI=1S/C14H18BrFO/c1-9-5-6-13(17)11(7-9)8-10-3-2-4-12(16)14(10)15/h2-4,9,11,13,17H,5-8H2,1H3. The van der Waals surface area contributed by atoms with Gasteiger partial charge >= 0.3 is 0 Å². The third-order valence-electron chi connectivity index (χ3n) is 3.72. The van der Waals surface area contributed by atoms with Gasteiger partial charge in [-0.25, -0.2) is 4.39 Å². The highest BCUT2D eigenvalue weighted by Crippen LogP contribution is 2.33. The Morgan fingerprint density at radius 1 is 1.41 bits per heavy atom. The van der Waals surface area contributed by atoms with Crippen LogP contribution in [0.3, 0.4) is 0 Å².